The minimum atomic E-state index is 0.271. The third kappa shape index (κ3) is 5.08. The first-order valence-corrected chi connectivity index (χ1v) is 20.4. The van der Waals surface area contributed by atoms with Crippen molar-refractivity contribution in [1.29, 1.82) is 0 Å². The number of pyridine rings is 1. The second-order valence-electron chi connectivity index (χ2n) is 15.1. The van der Waals surface area contributed by atoms with Crippen LogP contribution in [0.5, 0.6) is 0 Å². The highest BCUT2D eigenvalue weighted by molar-refractivity contribution is 7.26. The van der Waals surface area contributed by atoms with Gasteiger partial charge in [0, 0.05) is 60.0 Å². The lowest BCUT2D eigenvalue weighted by Crippen LogP contribution is -2.28. The molecule has 57 heavy (non-hydrogen) atoms. The molecule has 0 bridgehead atoms. The third-order valence-electron chi connectivity index (χ3n) is 12.0. The molecule has 1 aliphatic heterocycles. The number of rotatable bonds is 5. The number of para-hydroxylation sites is 2. The van der Waals surface area contributed by atoms with Gasteiger partial charge in [0.05, 0.1) is 17.1 Å². The van der Waals surface area contributed by atoms with E-state index < -0.39 is 0 Å². The molecule has 0 fully saturated rings. The molecule has 0 amide bonds. The van der Waals surface area contributed by atoms with Crippen LogP contribution in [0.1, 0.15) is 11.5 Å². The van der Waals surface area contributed by atoms with Crippen LogP contribution in [0.4, 0.5) is 11.4 Å². The Balaban J connectivity index is 0.908. The Morgan fingerprint density at radius 1 is 0.491 bits per heavy atom. The summed E-state index contributed by atoms with van der Waals surface area (Å²) in [5, 5.41) is 5.09. The highest BCUT2D eigenvalue weighted by Crippen LogP contribution is 2.49. The fourth-order valence-electron chi connectivity index (χ4n) is 9.34. The molecule has 1 aliphatic carbocycles. The van der Waals surface area contributed by atoms with Crippen molar-refractivity contribution < 1.29 is 0 Å². The van der Waals surface area contributed by atoms with Crippen molar-refractivity contribution in [2.45, 2.75) is 12.0 Å². The maximum Gasteiger partial charge on any atom is 0.137 e. The molecule has 0 saturated heterocycles. The number of fused-ring (bicyclic) bond motifs is 9. The van der Waals surface area contributed by atoms with E-state index in [9.17, 15) is 0 Å². The van der Waals surface area contributed by atoms with Crippen molar-refractivity contribution in [3.05, 3.63) is 206 Å². The van der Waals surface area contributed by atoms with Crippen LogP contribution in [0.15, 0.2) is 200 Å². The first-order chi connectivity index (χ1) is 28.3. The second-order valence-corrected chi connectivity index (χ2v) is 16.2. The van der Waals surface area contributed by atoms with E-state index in [1.807, 2.05) is 17.5 Å². The van der Waals surface area contributed by atoms with Crippen LogP contribution in [-0.4, -0.2) is 15.6 Å². The zero-order valence-electron chi connectivity index (χ0n) is 31.0. The fraction of sp³-hybridized carbons (Fsp3) is 0.0377. The molecule has 3 aromatic heterocycles. The number of hydrogen-bond acceptors (Lipinski definition) is 3. The molecular weight excluding hydrogens is 711 g/mol. The second kappa shape index (κ2) is 12.8. The van der Waals surface area contributed by atoms with Gasteiger partial charge in [0.25, 0.3) is 0 Å². The van der Waals surface area contributed by atoms with Gasteiger partial charge in [0.15, 0.2) is 0 Å². The molecule has 2 atom stereocenters. The summed E-state index contributed by atoms with van der Waals surface area (Å²) in [6, 6.07) is 62.3. The number of thiophene rings is 1. The normalized spacial score (nSPS) is 15.9. The van der Waals surface area contributed by atoms with Gasteiger partial charge in [-0.3, -0.25) is 4.57 Å². The molecule has 268 valence electrons. The molecule has 7 aromatic carbocycles. The summed E-state index contributed by atoms with van der Waals surface area (Å²) in [6.45, 7) is 0. The van der Waals surface area contributed by atoms with E-state index in [2.05, 4.69) is 204 Å². The maximum atomic E-state index is 5.12. The summed E-state index contributed by atoms with van der Waals surface area (Å²) in [6.07, 6.45) is 11.1. The molecule has 0 radical (unpaired) electrons. The Morgan fingerprint density at radius 2 is 1.21 bits per heavy atom. The maximum absolute atomic E-state index is 5.12. The zero-order chi connectivity index (χ0) is 37.5. The lowest BCUT2D eigenvalue weighted by atomic mass is 9.89. The Hall–Kier alpha value is -7.01. The smallest absolute Gasteiger partial charge is 0.137 e. The van der Waals surface area contributed by atoms with Gasteiger partial charge in [-0.05, 0) is 100 Å². The number of aromatic nitrogens is 2. The van der Waals surface area contributed by atoms with Crippen LogP contribution in [0.25, 0.3) is 81.2 Å². The van der Waals surface area contributed by atoms with Gasteiger partial charge in [0.1, 0.15) is 5.82 Å². The van der Waals surface area contributed by atoms with Crippen molar-refractivity contribution in [2.75, 3.05) is 4.90 Å². The highest BCUT2D eigenvalue weighted by atomic mass is 32.1. The number of anilines is 2. The molecule has 12 rings (SSSR count). The monoisotopic (exact) mass is 745 g/mol. The van der Waals surface area contributed by atoms with E-state index in [1.54, 1.807) is 0 Å². The van der Waals surface area contributed by atoms with Crippen molar-refractivity contribution in [3.63, 3.8) is 0 Å². The van der Waals surface area contributed by atoms with Gasteiger partial charge in [0.2, 0.25) is 0 Å². The van der Waals surface area contributed by atoms with Gasteiger partial charge in [-0.15, -0.1) is 11.3 Å². The lowest BCUT2D eigenvalue weighted by molar-refractivity contribution is 0.745. The minimum Gasteiger partial charge on any atom is -0.333 e. The molecule has 4 heteroatoms. The van der Waals surface area contributed by atoms with Crippen LogP contribution < -0.4 is 4.90 Å². The molecule has 0 spiro atoms. The molecule has 10 aromatic rings. The van der Waals surface area contributed by atoms with Gasteiger partial charge in [-0.1, -0.05) is 127 Å². The van der Waals surface area contributed by atoms with E-state index in [0.717, 1.165) is 28.0 Å². The molecule has 4 heterocycles. The van der Waals surface area contributed by atoms with Crippen molar-refractivity contribution >= 4 is 64.7 Å². The van der Waals surface area contributed by atoms with Gasteiger partial charge in [-0.25, -0.2) is 4.98 Å². The molecule has 0 N–H and O–H groups in total. The van der Waals surface area contributed by atoms with E-state index in [-0.39, 0.29) is 6.04 Å². The summed E-state index contributed by atoms with van der Waals surface area (Å²) >= 11 is 1.87. The molecular formula is C53H35N3S. The Bertz CT molecular complexity index is 3260. The predicted molar refractivity (Wildman–Crippen MR) is 241 cm³/mol. The standard InChI is InChI=1S/C53H35N3S/c1-2-14-39(15-3-1)55-47-21-7-4-16-41(47)45-31-35(24-27-49(45)55)36-25-28-50-46(32-36)42-17-5-8-22-48(42)56(50)52-29-26-38(33-54-52)34-12-10-13-37(30-34)40-19-11-20-44-43-18-6-9-23-51(43)57-53(40)44/h1-33,41,47H. The molecule has 2 aliphatic rings. The number of nitrogens with zero attached hydrogens (tertiary/aromatic N) is 3. The topological polar surface area (TPSA) is 21.1 Å². The predicted octanol–water partition coefficient (Wildman–Crippen LogP) is 14.3. The third-order valence-corrected chi connectivity index (χ3v) is 13.2. The summed E-state index contributed by atoms with van der Waals surface area (Å²) < 4.78 is 4.96. The number of allylic oxidation sites excluding steroid dienone is 2. The van der Waals surface area contributed by atoms with Crippen LogP contribution in [0.3, 0.4) is 0 Å². The van der Waals surface area contributed by atoms with Crippen LogP contribution in [-0.2, 0) is 0 Å². The van der Waals surface area contributed by atoms with E-state index in [1.165, 1.54) is 70.1 Å². The SMILES string of the molecule is C1=CC2c3cc(-c4ccc5c(c4)c4ccccc4n5-c4ccc(-c5cccc(-c6cccc7c6sc6ccccc67)c5)cn4)ccc3N(c3ccccc3)C2C=C1. The number of benzene rings is 7. The Morgan fingerprint density at radius 3 is 2.12 bits per heavy atom. The minimum absolute atomic E-state index is 0.271. The Labute approximate surface area is 334 Å². The first-order valence-electron chi connectivity index (χ1n) is 19.6. The summed E-state index contributed by atoms with van der Waals surface area (Å²) in [4.78, 5) is 7.61. The van der Waals surface area contributed by atoms with Gasteiger partial charge < -0.3 is 4.90 Å². The quantitative estimate of drug-likeness (QED) is 0.175. The summed E-state index contributed by atoms with van der Waals surface area (Å²) in [7, 11) is 0. The van der Waals surface area contributed by atoms with Gasteiger partial charge in [-0.2, -0.15) is 0 Å². The zero-order valence-corrected chi connectivity index (χ0v) is 31.8. The lowest BCUT2D eigenvalue weighted by Gasteiger charge is -2.28. The van der Waals surface area contributed by atoms with E-state index in [0.29, 0.717) is 5.92 Å². The van der Waals surface area contributed by atoms with E-state index in [4.69, 9.17) is 4.98 Å². The average molecular weight is 746 g/mol. The fourth-order valence-corrected chi connectivity index (χ4v) is 10.6. The van der Waals surface area contributed by atoms with E-state index >= 15 is 0 Å². The number of hydrogen-bond donors (Lipinski definition) is 0. The van der Waals surface area contributed by atoms with Crippen LogP contribution in [0, 0.1) is 0 Å². The largest absolute Gasteiger partial charge is 0.333 e. The summed E-state index contributed by atoms with van der Waals surface area (Å²) in [5.41, 5.74) is 13.4. The highest BCUT2D eigenvalue weighted by Gasteiger charge is 2.37. The summed E-state index contributed by atoms with van der Waals surface area (Å²) in [5.74, 6) is 1.22. The average Bonchev–Trinajstić information content (AvgIpc) is 3.94. The van der Waals surface area contributed by atoms with Gasteiger partial charge >= 0.3 is 0 Å². The first kappa shape index (κ1) is 32.3. The Kier molecular flexibility index (Phi) is 7.23. The van der Waals surface area contributed by atoms with Crippen LogP contribution in [0.2, 0.25) is 0 Å². The molecule has 2 unspecified atom stereocenters. The van der Waals surface area contributed by atoms with Crippen molar-refractivity contribution in [3.8, 4) is 39.2 Å². The molecule has 0 saturated carbocycles. The van der Waals surface area contributed by atoms with Crippen molar-refractivity contribution in [2.24, 2.45) is 0 Å². The van der Waals surface area contributed by atoms with Crippen LogP contribution >= 0.6 is 11.3 Å². The molecule has 3 nitrogen and oxygen atoms in total. The van der Waals surface area contributed by atoms with Crippen molar-refractivity contribution in [1.82, 2.24) is 9.55 Å².